The van der Waals surface area contributed by atoms with Crippen molar-refractivity contribution in [3.05, 3.63) is 66.2 Å². The Kier molecular flexibility index (Phi) is 3.97. The lowest BCUT2D eigenvalue weighted by Crippen LogP contribution is -2.55. The van der Waals surface area contributed by atoms with Gasteiger partial charge in [-0.1, -0.05) is 48.5 Å². The topological polar surface area (TPSA) is 61.3 Å². The minimum atomic E-state index is -1.14. The van der Waals surface area contributed by atoms with Crippen LogP contribution in [0.4, 0.5) is 0 Å². The second kappa shape index (κ2) is 5.67. The summed E-state index contributed by atoms with van der Waals surface area (Å²) >= 11 is 0. The third-order valence-corrected chi connectivity index (χ3v) is 2.70. The Bertz CT molecular complexity index is 468. The van der Waals surface area contributed by atoms with Gasteiger partial charge in [0.1, 0.15) is 5.75 Å². The summed E-state index contributed by atoms with van der Waals surface area (Å²) in [6.07, 6.45) is 1.35. The molecule has 0 atom stereocenters. The fourth-order valence-electron chi connectivity index (χ4n) is 1.74. The van der Waals surface area contributed by atoms with E-state index in [2.05, 4.69) is 12.1 Å². The highest BCUT2D eigenvalue weighted by Crippen LogP contribution is 2.15. The first-order valence-corrected chi connectivity index (χ1v) is 6.01. The highest BCUT2D eigenvalue weighted by molar-refractivity contribution is 5.22. The van der Waals surface area contributed by atoms with E-state index < -0.39 is 5.85 Å². The summed E-state index contributed by atoms with van der Waals surface area (Å²) < 4.78 is 5.58. The second-order valence-electron chi connectivity index (χ2n) is 4.36. The molecular formula is C15H18N2O. The summed E-state index contributed by atoms with van der Waals surface area (Å²) in [5.74, 6) is -0.451. The molecule has 0 aromatic heterocycles. The Hall–Kier alpha value is -1.84. The first-order valence-electron chi connectivity index (χ1n) is 6.01. The van der Waals surface area contributed by atoms with E-state index in [1.807, 2.05) is 48.5 Å². The second-order valence-corrected chi connectivity index (χ2v) is 4.36. The molecule has 94 valence electrons. The van der Waals surface area contributed by atoms with Crippen molar-refractivity contribution in [1.29, 1.82) is 0 Å². The molecule has 0 aliphatic carbocycles. The zero-order valence-electron chi connectivity index (χ0n) is 10.3. The molecule has 0 amide bonds. The van der Waals surface area contributed by atoms with Crippen LogP contribution in [0.25, 0.3) is 0 Å². The molecule has 0 unspecified atom stereocenters. The zero-order chi connectivity index (χ0) is 12.8. The fraction of sp³-hybridized carbons (Fsp3) is 0.200. The van der Waals surface area contributed by atoms with Crippen LogP contribution in [0, 0.1) is 0 Å². The summed E-state index contributed by atoms with van der Waals surface area (Å²) in [5, 5.41) is 0. The molecular weight excluding hydrogens is 224 g/mol. The minimum Gasteiger partial charge on any atom is -0.460 e. The predicted molar refractivity (Wildman–Crippen MR) is 72.9 cm³/mol. The normalized spacial score (nSPS) is 11.2. The maximum Gasteiger partial charge on any atom is 0.213 e. The average Bonchev–Trinajstić information content (AvgIpc) is 2.38. The molecule has 2 aromatic rings. The van der Waals surface area contributed by atoms with Crippen molar-refractivity contribution in [1.82, 2.24) is 0 Å². The van der Waals surface area contributed by atoms with E-state index in [0.29, 0.717) is 12.2 Å². The van der Waals surface area contributed by atoms with Crippen LogP contribution in [0.15, 0.2) is 60.7 Å². The number of benzene rings is 2. The van der Waals surface area contributed by atoms with Crippen LogP contribution >= 0.6 is 0 Å². The number of rotatable bonds is 5. The van der Waals surface area contributed by atoms with E-state index in [4.69, 9.17) is 16.2 Å². The van der Waals surface area contributed by atoms with E-state index in [0.717, 1.165) is 6.42 Å². The fourth-order valence-corrected chi connectivity index (χ4v) is 1.74. The molecule has 0 aliphatic heterocycles. The SMILES string of the molecule is NC(N)(CCc1ccccc1)Oc1ccccc1. The van der Waals surface area contributed by atoms with Crippen LogP contribution in [0.1, 0.15) is 12.0 Å². The van der Waals surface area contributed by atoms with Crippen LogP contribution in [0.2, 0.25) is 0 Å². The number of hydrogen-bond donors (Lipinski definition) is 2. The molecule has 3 nitrogen and oxygen atoms in total. The third-order valence-electron chi connectivity index (χ3n) is 2.70. The summed E-state index contributed by atoms with van der Waals surface area (Å²) in [5.41, 5.74) is 13.1. The van der Waals surface area contributed by atoms with Crippen molar-refractivity contribution in [2.24, 2.45) is 11.5 Å². The molecule has 18 heavy (non-hydrogen) atoms. The zero-order valence-corrected chi connectivity index (χ0v) is 10.3. The monoisotopic (exact) mass is 242 g/mol. The van der Waals surface area contributed by atoms with Crippen LogP contribution in [-0.2, 0) is 6.42 Å². The molecule has 0 bridgehead atoms. The maximum absolute atomic E-state index is 5.95. The van der Waals surface area contributed by atoms with E-state index in [1.54, 1.807) is 0 Å². The van der Waals surface area contributed by atoms with Gasteiger partial charge in [-0.2, -0.15) is 0 Å². The molecule has 3 heteroatoms. The summed E-state index contributed by atoms with van der Waals surface area (Å²) in [6, 6.07) is 19.5. The standard InChI is InChI=1S/C15H18N2O/c16-15(17,18-14-9-5-2-6-10-14)12-11-13-7-3-1-4-8-13/h1-10H,11-12,16-17H2. The lowest BCUT2D eigenvalue weighted by Gasteiger charge is -2.25. The predicted octanol–water partition coefficient (Wildman–Crippen LogP) is 2.27. The molecule has 0 fully saturated rings. The van der Waals surface area contributed by atoms with Gasteiger partial charge in [0.25, 0.3) is 0 Å². The van der Waals surface area contributed by atoms with Gasteiger partial charge in [-0.15, -0.1) is 0 Å². The first kappa shape index (κ1) is 12.6. The molecule has 0 saturated carbocycles. The largest absolute Gasteiger partial charge is 0.460 e. The Morgan fingerprint density at radius 1 is 0.833 bits per heavy atom. The first-order chi connectivity index (χ1) is 8.66. The van der Waals surface area contributed by atoms with E-state index >= 15 is 0 Å². The average molecular weight is 242 g/mol. The van der Waals surface area contributed by atoms with Crippen LogP contribution in [0.5, 0.6) is 5.75 Å². The molecule has 0 aliphatic rings. The number of hydrogen-bond acceptors (Lipinski definition) is 3. The van der Waals surface area contributed by atoms with Crippen molar-refractivity contribution in [3.8, 4) is 5.75 Å². The molecule has 0 radical (unpaired) electrons. The van der Waals surface area contributed by atoms with E-state index in [9.17, 15) is 0 Å². The minimum absolute atomic E-state index is 0.561. The van der Waals surface area contributed by atoms with Crippen molar-refractivity contribution in [2.75, 3.05) is 0 Å². The number of nitrogens with two attached hydrogens (primary N) is 2. The van der Waals surface area contributed by atoms with E-state index in [-0.39, 0.29) is 0 Å². The quantitative estimate of drug-likeness (QED) is 0.791. The molecule has 2 rings (SSSR count). The smallest absolute Gasteiger partial charge is 0.213 e. The lowest BCUT2D eigenvalue weighted by atomic mass is 10.1. The van der Waals surface area contributed by atoms with Crippen molar-refractivity contribution >= 4 is 0 Å². The Labute approximate surface area is 107 Å². The third kappa shape index (κ3) is 3.87. The maximum atomic E-state index is 5.95. The highest BCUT2D eigenvalue weighted by Gasteiger charge is 2.20. The van der Waals surface area contributed by atoms with Gasteiger partial charge in [-0.3, -0.25) is 11.5 Å². The summed E-state index contributed by atoms with van der Waals surface area (Å²) in [7, 11) is 0. The molecule has 4 N–H and O–H groups in total. The number of para-hydroxylation sites is 1. The van der Waals surface area contributed by atoms with E-state index in [1.165, 1.54) is 5.56 Å². The van der Waals surface area contributed by atoms with Gasteiger partial charge in [0.05, 0.1) is 0 Å². The van der Waals surface area contributed by atoms with Gasteiger partial charge < -0.3 is 4.74 Å². The number of aryl methyl sites for hydroxylation is 1. The molecule has 2 aromatic carbocycles. The molecule has 0 spiro atoms. The van der Waals surface area contributed by atoms with Crippen molar-refractivity contribution < 1.29 is 4.74 Å². The Balaban J connectivity index is 1.91. The Morgan fingerprint density at radius 3 is 2.00 bits per heavy atom. The lowest BCUT2D eigenvalue weighted by molar-refractivity contribution is 0.0734. The molecule has 0 heterocycles. The Morgan fingerprint density at radius 2 is 1.39 bits per heavy atom. The van der Waals surface area contributed by atoms with Crippen molar-refractivity contribution in [2.45, 2.75) is 18.7 Å². The van der Waals surface area contributed by atoms with Gasteiger partial charge in [-0.05, 0) is 24.1 Å². The summed E-state index contributed by atoms with van der Waals surface area (Å²) in [6.45, 7) is 0. The highest BCUT2D eigenvalue weighted by atomic mass is 16.5. The van der Waals surface area contributed by atoms with Crippen LogP contribution in [0.3, 0.4) is 0 Å². The van der Waals surface area contributed by atoms with Gasteiger partial charge in [0, 0.05) is 6.42 Å². The van der Waals surface area contributed by atoms with Gasteiger partial charge >= 0.3 is 0 Å². The molecule has 0 saturated heterocycles. The van der Waals surface area contributed by atoms with Crippen molar-refractivity contribution in [3.63, 3.8) is 0 Å². The van der Waals surface area contributed by atoms with Crippen LogP contribution in [-0.4, -0.2) is 5.85 Å². The van der Waals surface area contributed by atoms with Gasteiger partial charge in [0.15, 0.2) is 0 Å². The van der Waals surface area contributed by atoms with Crippen LogP contribution < -0.4 is 16.2 Å². The van der Waals surface area contributed by atoms with Gasteiger partial charge in [-0.25, -0.2) is 0 Å². The summed E-state index contributed by atoms with van der Waals surface area (Å²) in [4.78, 5) is 0. The number of ether oxygens (including phenoxy) is 1. The van der Waals surface area contributed by atoms with Gasteiger partial charge in [0.2, 0.25) is 5.85 Å².